The number of ether oxygens (including phenoxy) is 2. The molecule has 1 spiro atoms. The summed E-state index contributed by atoms with van der Waals surface area (Å²) in [5.74, 6) is 0.830. The van der Waals surface area contributed by atoms with Gasteiger partial charge in [0.05, 0.1) is 12.2 Å². The molecule has 0 bridgehead atoms. The Bertz CT molecular complexity index is 418. The molecule has 0 aromatic heterocycles. The van der Waals surface area contributed by atoms with Gasteiger partial charge in [0.2, 0.25) is 0 Å². The average Bonchev–Trinajstić information content (AvgIpc) is 2.73. The van der Waals surface area contributed by atoms with Gasteiger partial charge >= 0.3 is 0 Å². The molecule has 3 nitrogen and oxygen atoms in total. The van der Waals surface area contributed by atoms with E-state index in [-0.39, 0.29) is 11.7 Å². The van der Waals surface area contributed by atoms with Crippen LogP contribution >= 0.6 is 11.6 Å². The number of rotatable bonds is 2. The van der Waals surface area contributed by atoms with Crippen molar-refractivity contribution < 1.29 is 9.47 Å². The van der Waals surface area contributed by atoms with Crippen molar-refractivity contribution in [2.45, 2.75) is 31.0 Å². The summed E-state index contributed by atoms with van der Waals surface area (Å²) in [5.41, 5.74) is 0.00148. The van der Waals surface area contributed by atoms with Crippen LogP contribution in [0.3, 0.4) is 0 Å². The van der Waals surface area contributed by atoms with E-state index in [9.17, 15) is 0 Å². The van der Waals surface area contributed by atoms with E-state index >= 15 is 0 Å². The van der Waals surface area contributed by atoms with Crippen LogP contribution in [0.25, 0.3) is 0 Å². The summed E-state index contributed by atoms with van der Waals surface area (Å²) >= 11 is 5.95. The van der Waals surface area contributed by atoms with Gasteiger partial charge in [-0.1, -0.05) is 17.7 Å². The quantitative estimate of drug-likeness (QED) is 0.894. The van der Waals surface area contributed by atoms with Crippen molar-refractivity contribution in [2.24, 2.45) is 0 Å². The van der Waals surface area contributed by atoms with Crippen molar-refractivity contribution in [1.29, 1.82) is 0 Å². The lowest BCUT2D eigenvalue weighted by atomic mass is 9.90. The second kappa shape index (κ2) is 5.08. The lowest BCUT2D eigenvalue weighted by molar-refractivity contribution is -0.0153. The molecule has 0 unspecified atom stereocenters. The molecular formula is C14H18ClNO2. The van der Waals surface area contributed by atoms with E-state index in [1.165, 1.54) is 6.42 Å². The molecular weight excluding hydrogens is 250 g/mol. The Morgan fingerprint density at radius 3 is 3.17 bits per heavy atom. The number of nitrogens with one attached hydrogen (secondary N) is 1. The molecule has 1 aromatic carbocycles. The van der Waals surface area contributed by atoms with Crippen molar-refractivity contribution in [3.63, 3.8) is 0 Å². The van der Waals surface area contributed by atoms with Crippen LogP contribution in [0.2, 0.25) is 5.02 Å². The van der Waals surface area contributed by atoms with Crippen LogP contribution < -0.4 is 10.1 Å². The molecule has 2 fully saturated rings. The number of hydrogen-bond donors (Lipinski definition) is 1. The lowest BCUT2D eigenvalue weighted by Crippen LogP contribution is -2.45. The average molecular weight is 268 g/mol. The summed E-state index contributed by atoms with van der Waals surface area (Å²) in [6, 6.07) is 7.55. The fourth-order valence-corrected chi connectivity index (χ4v) is 3.03. The van der Waals surface area contributed by atoms with Gasteiger partial charge in [0.15, 0.2) is 0 Å². The number of piperidine rings is 1. The van der Waals surface area contributed by atoms with Crippen molar-refractivity contribution >= 4 is 11.6 Å². The molecule has 2 heterocycles. The fourth-order valence-electron chi connectivity index (χ4n) is 2.85. The first-order valence-corrected chi connectivity index (χ1v) is 6.91. The van der Waals surface area contributed by atoms with Gasteiger partial charge in [-0.3, -0.25) is 0 Å². The molecule has 0 radical (unpaired) electrons. The van der Waals surface area contributed by atoms with Gasteiger partial charge < -0.3 is 14.8 Å². The van der Waals surface area contributed by atoms with Crippen LogP contribution in [0.5, 0.6) is 5.75 Å². The largest absolute Gasteiger partial charge is 0.488 e. The first kappa shape index (κ1) is 12.3. The molecule has 4 heteroatoms. The molecule has 18 heavy (non-hydrogen) atoms. The van der Waals surface area contributed by atoms with Gasteiger partial charge in [0.25, 0.3) is 0 Å². The van der Waals surface area contributed by atoms with Crippen molar-refractivity contribution in [2.75, 3.05) is 19.7 Å². The third-order valence-electron chi connectivity index (χ3n) is 3.71. The van der Waals surface area contributed by atoms with Crippen LogP contribution in [-0.2, 0) is 4.74 Å². The summed E-state index contributed by atoms with van der Waals surface area (Å²) in [5, 5.41) is 4.12. The van der Waals surface area contributed by atoms with Crippen molar-refractivity contribution in [3.8, 4) is 5.75 Å². The van der Waals surface area contributed by atoms with Crippen LogP contribution in [0.15, 0.2) is 24.3 Å². The second-order valence-electron chi connectivity index (χ2n) is 5.18. The normalized spacial score (nSPS) is 31.7. The van der Waals surface area contributed by atoms with Gasteiger partial charge in [-0.2, -0.15) is 0 Å². The van der Waals surface area contributed by atoms with Crippen molar-refractivity contribution in [3.05, 3.63) is 29.3 Å². The monoisotopic (exact) mass is 267 g/mol. The van der Waals surface area contributed by atoms with E-state index in [0.717, 1.165) is 31.7 Å². The molecule has 0 aliphatic carbocycles. The highest BCUT2D eigenvalue weighted by molar-refractivity contribution is 6.30. The van der Waals surface area contributed by atoms with Gasteiger partial charge in [-0.25, -0.2) is 0 Å². The SMILES string of the molecule is Clc1cccc(O[C@H]2CO[C@@]3(CCCNC3)C2)c1. The van der Waals surface area contributed by atoms with Crippen molar-refractivity contribution in [1.82, 2.24) is 5.32 Å². The molecule has 0 saturated carbocycles. The van der Waals surface area contributed by atoms with Crippen LogP contribution in [0, 0.1) is 0 Å². The predicted molar refractivity (Wildman–Crippen MR) is 71.3 cm³/mol. The maximum atomic E-state index is 5.98. The number of halogens is 1. The molecule has 0 amide bonds. The summed E-state index contributed by atoms with van der Waals surface area (Å²) < 4.78 is 11.9. The van der Waals surface area contributed by atoms with E-state index in [1.807, 2.05) is 24.3 Å². The minimum Gasteiger partial charge on any atom is -0.488 e. The van der Waals surface area contributed by atoms with Gasteiger partial charge in [0, 0.05) is 18.0 Å². The molecule has 1 N–H and O–H groups in total. The maximum Gasteiger partial charge on any atom is 0.125 e. The predicted octanol–water partition coefficient (Wildman–Crippen LogP) is 2.63. The maximum absolute atomic E-state index is 5.98. The molecule has 98 valence electrons. The first-order valence-electron chi connectivity index (χ1n) is 6.53. The first-order chi connectivity index (χ1) is 8.76. The van der Waals surface area contributed by atoms with Gasteiger partial charge in [0.1, 0.15) is 11.9 Å². The highest BCUT2D eigenvalue weighted by Crippen LogP contribution is 2.34. The highest BCUT2D eigenvalue weighted by atomic mass is 35.5. The Morgan fingerprint density at radius 2 is 2.39 bits per heavy atom. The fraction of sp³-hybridized carbons (Fsp3) is 0.571. The minimum absolute atomic E-state index is 0.00148. The third-order valence-corrected chi connectivity index (χ3v) is 3.94. The standard InChI is InChI=1S/C14H18ClNO2/c15-11-3-1-4-12(7-11)18-13-8-14(17-9-13)5-2-6-16-10-14/h1,3-4,7,13,16H,2,5-6,8-10H2/t13-,14+/m1/s1. The minimum atomic E-state index is 0.00148. The number of hydrogen-bond acceptors (Lipinski definition) is 3. The Labute approximate surface area is 112 Å². The Morgan fingerprint density at radius 1 is 1.44 bits per heavy atom. The summed E-state index contributed by atoms with van der Waals surface area (Å²) in [6.45, 7) is 2.72. The van der Waals surface area contributed by atoms with E-state index in [0.29, 0.717) is 11.6 Å². The zero-order valence-corrected chi connectivity index (χ0v) is 11.1. The summed E-state index contributed by atoms with van der Waals surface area (Å²) in [6.07, 6.45) is 3.43. The second-order valence-corrected chi connectivity index (χ2v) is 5.61. The smallest absolute Gasteiger partial charge is 0.125 e. The van der Waals surface area contributed by atoms with Gasteiger partial charge in [-0.15, -0.1) is 0 Å². The Kier molecular flexibility index (Phi) is 3.46. The lowest BCUT2D eigenvalue weighted by Gasteiger charge is -2.32. The molecule has 2 aliphatic rings. The van der Waals surface area contributed by atoms with E-state index < -0.39 is 0 Å². The zero-order chi connectivity index (χ0) is 12.4. The number of benzene rings is 1. The molecule has 3 rings (SSSR count). The molecule has 1 aromatic rings. The zero-order valence-electron chi connectivity index (χ0n) is 10.3. The summed E-state index contributed by atoms with van der Waals surface area (Å²) in [7, 11) is 0. The third kappa shape index (κ3) is 2.63. The molecule has 2 aliphatic heterocycles. The van der Waals surface area contributed by atoms with E-state index in [4.69, 9.17) is 21.1 Å². The van der Waals surface area contributed by atoms with E-state index in [1.54, 1.807) is 0 Å². The molecule has 2 saturated heterocycles. The van der Waals surface area contributed by atoms with Gasteiger partial charge in [-0.05, 0) is 37.6 Å². The van der Waals surface area contributed by atoms with E-state index in [2.05, 4.69) is 5.32 Å². The Balaban J connectivity index is 1.62. The molecule has 2 atom stereocenters. The Hall–Kier alpha value is -0.770. The van der Waals surface area contributed by atoms with Crippen LogP contribution in [0.4, 0.5) is 0 Å². The highest BCUT2D eigenvalue weighted by Gasteiger charge is 2.42. The summed E-state index contributed by atoms with van der Waals surface area (Å²) in [4.78, 5) is 0. The topological polar surface area (TPSA) is 30.5 Å². The van der Waals surface area contributed by atoms with Crippen LogP contribution in [-0.4, -0.2) is 31.4 Å². The van der Waals surface area contributed by atoms with Crippen LogP contribution in [0.1, 0.15) is 19.3 Å².